The Morgan fingerprint density at radius 3 is 2.79 bits per heavy atom. The van der Waals surface area contributed by atoms with E-state index in [4.69, 9.17) is 19.3 Å². The molecule has 12 heteroatoms. The van der Waals surface area contributed by atoms with Gasteiger partial charge in [0.1, 0.15) is 18.0 Å². The topological polar surface area (TPSA) is 137 Å². The molecule has 0 spiro atoms. The second-order valence-electron chi connectivity index (χ2n) is 8.30. The fraction of sp³-hybridized carbons (Fsp3) is 0.571. The standard InChI is InChI=1S/C21H26FN3O7S/c1-13-9-15(20(26)31-14(2)11-23)5-7-24(13)19-4-3-16(10-18(19)22)25-12-17(32-21(25)27)6-8-33(28,29)30/h3-4,10,13-15,17H,5-9,12H2,1-2H3,(H,28,29,30). The van der Waals surface area contributed by atoms with Crippen LogP contribution in [0.3, 0.4) is 0 Å². The van der Waals surface area contributed by atoms with Crippen molar-refractivity contribution in [3.63, 3.8) is 0 Å². The number of ether oxygens (including phenoxy) is 2. The van der Waals surface area contributed by atoms with Gasteiger partial charge in [-0.15, -0.1) is 0 Å². The second-order valence-corrected chi connectivity index (χ2v) is 9.87. The number of hydrogen-bond donors (Lipinski definition) is 1. The van der Waals surface area contributed by atoms with Crippen LogP contribution in [0.25, 0.3) is 0 Å². The maximum atomic E-state index is 15.0. The van der Waals surface area contributed by atoms with Crippen LogP contribution in [0, 0.1) is 23.1 Å². The Kier molecular flexibility index (Phi) is 7.44. The van der Waals surface area contributed by atoms with Crippen LogP contribution in [0.2, 0.25) is 0 Å². The van der Waals surface area contributed by atoms with E-state index in [1.807, 2.05) is 17.9 Å². The van der Waals surface area contributed by atoms with Crippen molar-refractivity contribution in [2.45, 2.75) is 51.4 Å². The van der Waals surface area contributed by atoms with Crippen LogP contribution in [-0.2, 0) is 24.4 Å². The largest absolute Gasteiger partial charge is 0.447 e. The number of amides is 1. The van der Waals surface area contributed by atoms with Gasteiger partial charge in [-0.05, 0) is 44.9 Å². The molecule has 2 saturated heterocycles. The lowest BCUT2D eigenvalue weighted by atomic mass is 9.91. The molecule has 3 rings (SSSR count). The van der Waals surface area contributed by atoms with Gasteiger partial charge in [0.05, 0.1) is 29.6 Å². The lowest BCUT2D eigenvalue weighted by Gasteiger charge is -2.38. The molecular weight excluding hydrogens is 457 g/mol. The number of esters is 1. The Bertz CT molecular complexity index is 1060. The molecule has 0 bridgehead atoms. The molecule has 2 aliphatic rings. The summed E-state index contributed by atoms with van der Waals surface area (Å²) >= 11 is 0. The first-order chi connectivity index (χ1) is 15.5. The third-order valence-corrected chi connectivity index (χ3v) is 6.56. The Balaban J connectivity index is 1.65. The number of cyclic esters (lactones) is 1. The molecule has 0 radical (unpaired) electrons. The summed E-state index contributed by atoms with van der Waals surface area (Å²) in [6.07, 6.45) is -1.43. The van der Waals surface area contributed by atoms with E-state index < -0.39 is 46.0 Å². The molecule has 10 nitrogen and oxygen atoms in total. The summed E-state index contributed by atoms with van der Waals surface area (Å²) in [4.78, 5) is 27.4. The Labute approximate surface area is 191 Å². The van der Waals surface area contributed by atoms with Crippen LogP contribution in [0.15, 0.2) is 18.2 Å². The van der Waals surface area contributed by atoms with Gasteiger partial charge in [0.25, 0.3) is 10.1 Å². The predicted octanol–water partition coefficient (Wildman–Crippen LogP) is 2.49. The molecule has 0 aromatic heterocycles. The van der Waals surface area contributed by atoms with Crippen molar-refractivity contribution in [3.8, 4) is 6.07 Å². The molecule has 4 atom stereocenters. The van der Waals surface area contributed by atoms with E-state index in [2.05, 4.69) is 0 Å². The molecule has 0 saturated carbocycles. The molecule has 4 unspecified atom stereocenters. The van der Waals surface area contributed by atoms with E-state index in [1.165, 1.54) is 17.9 Å². The fourth-order valence-electron chi connectivity index (χ4n) is 4.10. The van der Waals surface area contributed by atoms with Crippen LogP contribution in [0.1, 0.15) is 33.1 Å². The molecule has 2 aliphatic heterocycles. The van der Waals surface area contributed by atoms with Crippen LogP contribution in [-0.4, -0.2) is 62.1 Å². The van der Waals surface area contributed by atoms with Crippen molar-refractivity contribution in [2.24, 2.45) is 5.92 Å². The number of carbonyl (C=O) groups excluding carboxylic acids is 2. The van der Waals surface area contributed by atoms with Crippen molar-refractivity contribution in [1.29, 1.82) is 5.26 Å². The number of halogens is 1. The van der Waals surface area contributed by atoms with Gasteiger partial charge in [-0.3, -0.25) is 14.2 Å². The molecule has 180 valence electrons. The molecule has 1 N–H and O–H groups in total. The van der Waals surface area contributed by atoms with Crippen molar-refractivity contribution >= 4 is 33.6 Å². The minimum Gasteiger partial charge on any atom is -0.447 e. The zero-order chi connectivity index (χ0) is 24.3. The Morgan fingerprint density at radius 1 is 1.45 bits per heavy atom. The Hall–Kier alpha value is -2.91. The number of nitrogens with zero attached hydrogens (tertiary/aromatic N) is 3. The van der Waals surface area contributed by atoms with Crippen LogP contribution in [0.4, 0.5) is 20.6 Å². The molecule has 1 aromatic rings. The summed E-state index contributed by atoms with van der Waals surface area (Å²) in [5, 5.41) is 8.80. The third kappa shape index (κ3) is 6.11. The second kappa shape index (κ2) is 9.93. The molecule has 1 aromatic carbocycles. The molecule has 33 heavy (non-hydrogen) atoms. The number of nitriles is 1. The van der Waals surface area contributed by atoms with Crippen molar-refractivity contribution in [1.82, 2.24) is 0 Å². The lowest BCUT2D eigenvalue weighted by molar-refractivity contribution is -0.151. The quantitative estimate of drug-likeness (QED) is 0.458. The predicted molar refractivity (Wildman–Crippen MR) is 116 cm³/mol. The first kappa shape index (κ1) is 24.7. The highest BCUT2D eigenvalue weighted by Crippen LogP contribution is 2.33. The zero-order valence-electron chi connectivity index (χ0n) is 18.3. The van der Waals surface area contributed by atoms with E-state index >= 15 is 4.39 Å². The van der Waals surface area contributed by atoms with Crippen molar-refractivity contribution < 1.29 is 36.4 Å². The van der Waals surface area contributed by atoms with Crippen molar-refractivity contribution in [2.75, 3.05) is 28.6 Å². The Morgan fingerprint density at radius 2 is 2.18 bits per heavy atom. The van der Waals surface area contributed by atoms with Gasteiger partial charge in [-0.2, -0.15) is 13.7 Å². The number of carbonyl (C=O) groups is 2. The van der Waals surface area contributed by atoms with Gasteiger partial charge in [-0.25, -0.2) is 9.18 Å². The number of anilines is 2. The first-order valence-corrected chi connectivity index (χ1v) is 12.2. The average molecular weight is 484 g/mol. The molecule has 2 fully saturated rings. The van der Waals surface area contributed by atoms with Gasteiger partial charge in [0.2, 0.25) is 0 Å². The number of hydrogen-bond acceptors (Lipinski definition) is 8. The fourth-order valence-corrected chi connectivity index (χ4v) is 4.66. The SMILES string of the molecule is CC(C#N)OC(=O)C1CCN(c2ccc(N3CC(CCS(=O)(=O)O)OC3=O)cc2F)C(C)C1. The summed E-state index contributed by atoms with van der Waals surface area (Å²) < 4.78 is 55.9. The number of benzene rings is 1. The van der Waals surface area contributed by atoms with Crippen LogP contribution in [0.5, 0.6) is 0 Å². The summed E-state index contributed by atoms with van der Waals surface area (Å²) in [6, 6.07) is 6.04. The van der Waals surface area contributed by atoms with E-state index in [-0.39, 0.29) is 30.6 Å². The molecular formula is C21H26FN3O7S. The van der Waals surface area contributed by atoms with Gasteiger partial charge in [0.15, 0.2) is 6.10 Å². The molecule has 0 aliphatic carbocycles. The summed E-state index contributed by atoms with van der Waals surface area (Å²) in [7, 11) is -4.18. The summed E-state index contributed by atoms with van der Waals surface area (Å²) in [5.74, 6) is -1.88. The lowest BCUT2D eigenvalue weighted by Crippen LogP contribution is -2.44. The zero-order valence-corrected chi connectivity index (χ0v) is 19.1. The molecule has 1 amide bonds. The van der Waals surface area contributed by atoms with Gasteiger partial charge in [0, 0.05) is 19.0 Å². The van der Waals surface area contributed by atoms with Gasteiger partial charge in [-0.1, -0.05) is 0 Å². The first-order valence-electron chi connectivity index (χ1n) is 10.6. The van der Waals surface area contributed by atoms with E-state index in [0.29, 0.717) is 25.1 Å². The van der Waals surface area contributed by atoms with E-state index in [1.54, 1.807) is 12.1 Å². The highest BCUT2D eigenvalue weighted by Gasteiger charge is 2.35. The highest BCUT2D eigenvalue weighted by atomic mass is 32.2. The maximum absolute atomic E-state index is 15.0. The minimum atomic E-state index is -4.18. The average Bonchev–Trinajstić information content (AvgIpc) is 3.12. The molecule has 2 heterocycles. The monoisotopic (exact) mass is 483 g/mol. The van der Waals surface area contributed by atoms with Crippen LogP contribution >= 0.6 is 0 Å². The van der Waals surface area contributed by atoms with E-state index in [0.717, 1.165) is 0 Å². The summed E-state index contributed by atoms with van der Waals surface area (Å²) in [5.41, 5.74) is 0.603. The van der Waals surface area contributed by atoms with Crippen molar-refractivity contribution in [3.05, 3.63) is 24.0 Å². The van der Waals surface area contributed by atoms with Crippen LogP contribution < -0.4 is 9.80 Å². The minimum absolute atomic E-state index is 0.0398. The highest BCUT2D eigenvalue weighted by molar-refractivity contribution is 7.85. The van der Waals surface area contributed by atoms with E-state index in [9.17, 15) is 18.0 Å². The number of rotatable bonds is 7. The normalized spacial score (nSPS) is 24.2. The smallest absolute Gasteiger partial charge is 0.414 e. The van der Waals surface area contributed by atoms with Gasteiger partial charge < -0.3 is 14.4 Å². The number of piperidine rings is 1. The maximum Gasteiger partial charge on any atom is 0.414 e. The third-order valence-electron chi connectivity index (χ3n) is 5.81. The summed E-state index contributed by atoms with van der Waals surface area (Å²) in [6.45, 7) is 3.83. The van der Waals surface area contributed by atoms with Gasteiger partial charge >= 0.3 is 12.1 Å².